The van der Waals surface area contributed by atoms with Crippen LogP contribution in [0.3, 0.4) is 0 Å². The molecular formula is C14H16ClNO. The molecule has 0 bridgehead atoms. The van der Waals surface area contributed by atoms with Gasteiger partial charge in [0.1, 0.15) is 0 Å². The lowest BCUT2D eigenvalue weighted by molar-refractivity contribution is 0.521. The average molecular weight is 250 g/mol. The SMILES string of the molecule is NCC(Cc1ccoc1)Cc1ccccc1Cl. The Hall–Kier alpha value is -1.25. The number of rotatable bonds is 5. The predicted octanol–water partition coefficient (Wildman–Crippen LogP) is 3.29. The van der Waals surface area contributed by atoms with E-state index in [-0.39, 0.29) is 0 Å². The second-order valence-corrected chi connectivity index (χ2v) is 4.64. The minimum Gasteiger partial charge on any atom is -0.472 e. The van der Waals surface area contributed by atoms with E-state index < -0.39 is 0 Å². The number of furan rings is 1. The van der Waals surface area contributed by atoms with Gasteiger partial charge in [-0.1, -0.05) is 29.8 Å². The van der Waals surface area contributed by atoms with E-state index in [1.54, 1.807) is 12.5 Å². The summed E-state index contributed by atoms with van der Waals surface area (Å²) in [6.07, 6.45) is 5.30. The van der Waals surface area contributed by atoms with E-state index in [9.17, 15) is 0 Å². The molecular weight excluding hydrogens is 234 g/mol. The Labute approximate surface area is 106 Å². The first kappa shape index (κ1) is 12.2. The maximum absolute atomic E-state index is 6.15. The molecule has 0 spiro atoms. The molecule has 0 amide bonds. The van der Waals surface area contributed by atoms with E-state index in [4.69, 9.17) is 21.8 Å². The highest BCUT2D eigenvalue weighted by atomic mass is 35.5. The minimum absolute atomic E-state index is 0.396. The summed E-state index contributed by atoms with van der Waals surface area (Å²) in [6.45, 7) is 0.649. The topological polar surface area (TPSA) is 39.2 Å². The Morgan fingerprint density at radius 1 is 1.18 bits per heavy atom. The molecule has 1 aromatic carbocycles. The van der Waals surface area contributed by atoms with Crippen molar-refractivity contribution in [3.05, 3.63) is 59.0 Å². The average Bonchev–Trinajstić information content (AvgIpc) is 2.84. The van der Waals surface area contributed by atoms with Crippen molar-refractivity contribution in [1.82, 2.24) is 0 Å². The Bertz CT molecular complexity index is 453. The van der Waals surface area contributed by atoms with Crippen molar-refractivity contribution in [1.29, 1.82) is 0 Å². The highest BCUT2D eigenvalue weighted by molar-refractivity contribution is 6.31. The standard InChI is InChI=1S/C14H16ClNO/c15-14-4-2-1-3-13(14)8-12(9-16)7-11-5-6-17-10-11/h1-6,10,12H,7-9,16H2. The molecule has 0 aliphatic heterocycles. The van der Waals surface area contributed by atoms with Gasteiger partial charge < -0.3 is 10.2 Å². The van der Waals surface area contributed by atoms with Crippen molar-refractivity contribution in [2.24, 2.45) is 11.7 Å². The summed E-state index contributed by atoms with van der Waals surface area (Å²) in [7, 11) is 0. The van der Waals surface area contributed by atoms with Crippen LogP contribution in [0.5, 0.6) is 0 Å². The summed E-state index contributed by atoms with van der Waals surface area (Å²) in [5, 5.41) is 0.818. The van der Waals surface area contributed by atoms with Gasteiger partial charge in [-0.15, -0.1) is 0 Å². The zero-order valence-corrected chi connectivity index (χ0v) is 10.4. The van der Waals surface area contributed by atoms with Crippen LogP contribution in [0.25, 0.3) is 0 Å². The third-order valence-electron chi connectivity index (χ3n) is 2.90. The van der Waals surface area contributed by atoms with Gasteiger partial charge in [0.15, 0.2) is 0 Å². The molecule has 0 aliphatic rings. The first-order valence-corrected chi connectivity index (χ1v) is 6.12. The maximum Gasteiger partial charge on any atom is 0.0934 e. The fourth-order valence-electron chi connectivity index (χ4n) is 1.96. The number of hydrogen-bond donors (Lipinski definition) is 1. The van der Waals surface area contributed by atoms with E-state index in [2.05, 4.69) is 6.07 Å². The molecule has 0 radical (unpaired) electrons. The summed E-state index contributed by atoms with van der Waals surface area (Å²) in [4.78, 5) is 0. The molecule has 0 fully saturated rings. The van der Waals surface area contributed by atoms with Crippen LogP contribution in [-0.4, -0.2) is 6.54 Å². The quantitative estimate of drug-likeness (QED) is 0.883. The van der Waals surface area contributed by atoms with Crippen LogP contribution < -0.4 is 5.73 Å². The Balaban J connectivity index is 2.03. The van der Waals surface area contributed by atoms with Gasteiger partial charge in [-0.25, -0.2) is 0 Å². The molecule has 90 valence electrons. The summed E-state index contributed by atoms with van der Waals surface area (Å²) in [5.74, 6) is 0.396. The molecule has 2 aromatic rings. The van der Waals surface area contributed by atoms with E-state index in [1.165, 1.54) is 5.56 Å². The second-order valence-electron chi connectivity index (χ2n) is 4.23. The number of benzene rings is 1. The summed E-state index contributed by atoms with van der Waals surface area (Å²) in [5.41, 5.74) is 8.16. The second kappa shape index (κ2) is 5.89. The third-order valence-corrected chi connectivity index (χ3v) is 3.27. The molecule has 2 rings (SSSR count). The van der Waals surface area contributed by atoms with E-state index in [0.717, 1.165) is 23.4 Å². The van der Waals surface area contributed by atoms with E-state index >= 15 is 0 Å². The largest absolute Gasteiger partial charge is 0.472 e. The lowest BCUT2D eigenvalue weighted by Gasteiger charge is -2.14. The monoisotopic (exact) mass is 249 g/mol. The van der Waals surface area contributed by atoms with Gasteiger partial charge in [0, 0.05) is 5.02 Å². The Kier molecular flexibility index (Phi) is 4.24. The zero-order valence-electron chi connectivity index (χ0n) is 9.60. The van der Waals surface area contributed by atoms with Crippen molar-refractivity contribution >= 4 is 11.6 Å². The first-order chi connectivity index (χ1) is 8.29. The van der Waals surface area contributed by atoms with Gasteiger partial charge in [-0.05, 0) is 48.6 Å². The molecule has 2 N–H and O–H groups in total. The van der Waals surface area contributed by atoms with E-state index in [1.807, 2.05) is 24.3 Å². The summed E-state index contributed by atoms with van der Waals surface area (Å²) in [6, 6.07) is 9.91. The molecule has 17 heavy (non-hydrogen) atoms. The Morgan fingerprint density at radius 3 is 2.65 bits per heavy atom. The van der Waals surface area contributed by atoms with Crippen LogP contribution >= 0.6 is 11.6 Å². The minimum atomic E-state index is 0.396. The summed E-state index contributed by atoms with van der Waals surface area (Å²) >= 11 is 6.15. The van der Waals surface area contributed by atoms with Crippen LogP contribution in [0, 0.1) is 5.92 Å². The molecule has 0 saturated heterocycles. The highest BCUT2D eigenvalue weighted by Gasteiger charge is 2.11. The van der Waals surface area contributed by atoms with E-state index in [0.29, 0.717) is 12.5 Å². The molecule has 1 heterocycles. The van der Waals surface area contributed by atoms with Crippen molar-refractivity contribution < 1.29 is 4.42 Å². The lowest BCUT2D eigenvalue weighted by atomic mass is 9.94. The highest BCUT2D eigenvalue weighted by Crippen LogP contribution is 2.20. The van der Waals surface area contributed by atoms with Gasteiger partial charge >= 0.3 is 0 Å². The summed E-state index contributed by atoms with van der Waals surface area (Å²) < 4.78 is 5.07. The molecule has 0 saturated carbocycles. The molecule has 1 atom stereocenters. The molecule has 0 aliphatic carbocycles. The molecule has 2 nitrogen and oxygen atoms in total. The Morgan fingerprint density at radius 2 is 2.00 bits per heavy atom. The van der Waals surface area contributed by atoms with Crippen LogP contribution in [0.4, 0.5) is 0 Å². The fourth-order valence-corrected chi connectivity index (χ4v) is 2.17. The van der Waals surface area contributed by atoms with Gasteiger partial charge in [-0.3, -0.25) is 0 Å². The van der Waals surface area contributed by atoms with Crippen molar-refractivity contribution in [3.8, 4) is 0 Å². The van der Waals surface area contributed by atoms with Crippen molar-refractivity contribution in [2.75, 3.05) is 6.54 Å². The fraction of sp³-hybridized carbons (Fsp3) is 0.286. The molecule has 1 unspecified atom stereocenters. The van der Waals surface area contributed by atoms with Crippen LogP contribution in [0.1, 0.15) is 11.1 Å². The first-order valence-electron chi connectivity index (χ1n) is 5.74. The van der Waals surface area contributed by atoms with Crippen LogP contribution in [0.2, 0.25) is 5.02 Å². The van der Waals surface area contributed by atoms with Crippen LogP contribution in [-0.2, 0) is 12.8 Å². The predicted molar refractivity (Wildman–Crippen MR) is 70.1 cm³/mol. The number of nitrogens with two attached hydrogens (primary N) is 1. The third kappa shape index (κ3) is 3.35. The smallest absolute Gasteiger partial charge is 0.0934 e. The normalized spacial score (nSPS) is 12.6. The molecule has 1 aromatic heterocycles. The van der Waals surface area contributed by atoms with Gasteiger partial charge in [0.2, 0.25) is 0 Å². The van der Waals surface area contributed by atoms with Crippen molar-refractivity contribution in [2.45, 2.75) is 12.8 Å². The van der Waals surface area contributed by atoms with Gasteiger partial charge in [-0.2, -0.15) is 0 Å². The van der Waals surface area contributed by atoms with Gasteiger partial charge in [0.25, 0.3) is 0 Å². The molecule has 3 heteroatoms. The van der Waals surface area contributed by atoms with Crippen LogP contribution in [0.15, 0.2) is 47.3 Å². The van der Waals surface area contributed by atoms with Gasteiger partial charge in [0.05, 0.1) is 12.5 Å². The number of hydrogen-bond acceptors (Lipinski definition) is 2. The lowest BCUT2D eigenvalue weighted by Crippen LogP contribution is -2.19. The number of halogens is 1. The zero-order chi connectivity index (χ0) is 12.1. The maximum atomic E-state index is 6.15. The van der Waals surface area contributed by atoms with Crippen molar-refractivity contribution in [3.63, 3.8) is 0 Å².